The van der Waals surface area contributed by atoms with E-state index in [1.165, 1.54) is 0 Å². The molecule has 0 aromatic carbocycles. The van der Waals surface area contributed by atoms with E-state index in [1.807, 2.05) is 14.1 Å². The minimum atomic E-state index is -1.26. The van der Waals surface area contributed by atoms with Crippen LogP contribution in [0.1, 0.15) is 13.8 Å². The lowest BCUT2D eigenvalue weighted by Crippen LogP contribution is -2.01. The van der Waals surface area contributed by atoms with Gasteiger partial charge in [0.05, 0.1) is 0 Å². The van der Waals surface area contributed by atoms with Gasteiger partial charge in [0.2, 0.25) is 0 Å². The highest BCUT2D eigenvalue weighted by atomic mass is 16.4. The van der Waals surface area contributed by atoms with Crippen molar-refractivity contribution in [3.05, 3.63) is 12.2 Å². The highest BCUT2D eigenvalue weighted by Crippen LogP contribution is 1.70. The predicted molar refractivity (Wildman–Crippen MR) is 63.6 cm³/mol. The number of carboxylic acid groups (broad SMARTS) is 2. The molecule has 0 aliphatic carbocycles. The van der Waals surface area contributed by atoms with Gasteiger partial charge in [0.15, 0.2) is 0 Å². The smallest absolute Gasteiger partial charge is 0.328 e. The number of rotatable bonds is 4. The maximum atomic E-state index is 9.55. The molecule has 0 atom stereocenters. The summed E-state index contributed by atoms with van der Waals surface area (Å²) < 4.78 is 0. The Labute approximate surface area is 96.4 Å². The van der Waals surface area contributed by atoms with Crippen LogP contribution in [0.15, 0.2) is 12.2 Å². The van der Waals surface area contributed by atoms with Crippen molar-refractivity contribution in [2.45, 2.75) is 13.8 Å². The second-order valence-electron chi connectivity index (χ2n) is 2.42. The topological polar surface area (TPSA) is 98.7 Å². The first kappa shape index (κ1) is 20.1. The number of aliphatic carboxylic acids is 2. The van der Waals surface area contributed by atoms with E-state index in [1.54, 1.807) is 0 Å². The molecule has 0 aromatic rings. The third-order valence-electron chi connectivity index (χ3n) is 1.08. The number of carboxylic acids is 2. The van der Waals surface area contributed by atoms with Crippen molar-refractivity contribution in [1.82, 2.24) is 10.6 Å². The molecule has 0 heterocycles. The van der Waals surface area contributed by atoms with E-state index in [-0.39, 0.29) is 0 Å². The molecule has 96 valence electrons. The average Bonchev–Trinajstić information content (AvgIpc) is 2.27. The highest BCUT2D eigenvalue weighted by Gasteiger charge is 1.88. The maximum absolute atomic E-state index is 9.55. The zero-order valence-electron chi connectivity index (χ0n) is 10.3. The first-order valence-electron chi connectivity index (χ1n) is 4.89. The van der Waals surface area contributed by atoms with Gasteiger partial charge in [0.1, 0.15) is 0 Å². The molecule has 0 rings (SSSR count). The molecule has 0 bridgehead atoms. The average molecular weight is 234 g/mol. The molecule has 0 radical (unpaired) electrons. The summed E-state index contributed by atoms with van der Waals surface area (Å²) in [6.45, 7) is 6.28. The lowest BCUT2D eigenvalue weighted by atomic mass is 10.5. The summed E-state index contributed by atoms with van der Waals surface area (Å²) in [5.74, 6) is -2.51. The molecule has 0 fully saturated rings. The lowest BCUT2D eigenvalue weighted by Gasteiger charge is -1.76. The fraction of sp³-hybridized carbons (Fsp3) is 0.600. The molecule has 16 heavy (non-hydrogen) atoms. The zero-order chi connectivity index (χ0) is 13.4. The maximum Gasteiger partial charge on any atom is 0.328 e. The Kier molecular flexibility index (Phi) is 24.1. The van der Waals surface area contributed by atoms with Gasteiger partial charge in [0, 0.05) is 12.2 Å². The van der Waals surface area contributed by atoms with Crippen molar-refractivity contribution >= 4 is 11.9 Å². The molecule has 0 saturated carbocycles. The minimum Gasteiger partial charge on any atom is -0.478 e. The van der Waals surface area contributed by atoms with Crippen molar-refractivity contribution in [2.75, 3.05) is 27.2 Å². The zero-order valence-corrected chi connectivity index (χ0v) is 10.3. The lowest BCUT2D eigenvalue weighted by molar-refractivity contribution is -0.134. The van der Waals surface area contributed by atoms with Crippen LogP contribution in [0, 0.1) is 0 Å². The van der Waals surface area contributed by atoms with Crippen molar-refractivity contribution in [3.63, 3.8) is 0 Å². The number of hydrogen-bond acceptors (Lipinski definition) is 4. The normalized spacial score (nSPS) is 8.50. The Balaban J connectivity index is -0.000000179. The third kappa shape index (κ3) is 54.1. The van der Waals surface area contributed by atoms with E-state index in [0.717, 1.165) is 13.1 Å². The van der Waals surface area contributed by atoms with Gasteiger partial charge in [-0.25, -0.2) is 9.59 Å². The summed E-state index contributed by atoms with van der Waals surface area (Å²) in [5.41, 5.74) is 0. The van der Waals surface area contributed by atoms with Crippen LogP contribution in [0.25, 0.3) is 0 Å². The summed E-state index contributed by atoms with van der Waals surface area (Å²) in [7, 11) is 3.86. The Morgan fingerprint density at radius 3 is 1.19 bits per heavy atom. The molecule has 0 aromatic heterocycles. The van der Waals surface area contributed by atoms with Gasteiger partial charge >= 0.3 is 11.9 Å². The standard InChI is InChI=1S/C4H4O4.2C3H9N/c5-3(6)1-2-4(7)8;2*1-3-4-2/h1-2H,(H,5,6)(H,7,8);2*4H,3H2,1-2H3/b2-1+;;. The quantitative estimate of drug-likeness (QED) is 0.517. The minimum absolute atomic E-state index is 0.558. The van der Waals surface area contributed by atoms with Crippen LogP contribution in [0.3, 0.4) is 0 Å². The fourth-order valence-corrected chi connectivity index (χ4v) is 0.143. The number of hydrogen-bond donors (Lipinski definition) is 4. The van der Waals surface area contributed by atoms with Crippen LogP contribution < -0.4 is 10.6 Å². The predicted octanol–water partition coefficient (Wildman–Crippen LogP) is 0.163. The SMILES string of the molecule is CCNC.CCNC.O=C(O)/C=C/C(=O)O. The van der Waals surface area contributed by atoms with Crippen molar-refractivity contribution in [3.8, 4) is 0 Å². The molecule has 0 aliphatic heterocycles. The molecular formula is C10H22N2O4. The molecular weight excluding hydrogens is 212 g/mol. The van der Waals surface area contributed by atoms with Crippen molar-refractivity contribution < 1.29 is 19.8 Å². The summed E-state index contributed by atoms with van der Waals surface area (Å²) >= 11 is 0. The Morgan fingerprint density at radius 1 is 0.938 bits per heavy atom. The van der Waals surface area contributed by atoms with Crippen LogP contribution in [-0.4, -0.2) is 49.3 Å². The first-order valence-corrected chi connectivity index (χ1v) is 4.89. The van der Waals surface area contributed by atoms with Gasteiger partial charge in [0.25, 0.3) is 0 Å². The van der Waals surface area contributed by atoms with Crippen LogP contribution in [0.2, 0.25) is 0 Å². The van der Waals surface area contributed by atoms with E-state index in [4.69, 9.17) is 10.2 Å². The summed E-state index contributed by atoms with van der Waals surface area (Å²) in [5, 5.41) is 21.5. The van der Waals surface area contributed by atoms with Gasteiger partial charge in [-0.3, -0.25) is 0 Å². The largest absolute Gasteiger partial charge is 0.478 e. The van der Waals surface area contributed by atoms with Gasteiger partial charge < -0.3 is 20.8 Å². The van der Waals surface area contributed by atoms with E-state index in [2.05, 4.69) is 24.5 Å². The van der Waals surface area contributed by atoms with Crippen molar-refractivity contribution in [2.24, 2.45) is 0 Å². The van der Waals surface area contributed by atoms with Crippen LogP contribution in [0.5, 0.6) is 0 Å². The second kappa shape index (κ2) is 19.2. The van der Waals surface area contributed by atoms with E-state index < -0.39 is 11.9 Å². The summed E-state index contributed by atoms with van der Waals surface area (Å²) in [4.78, 5) is 19.1. The van der Waals surface area contributed by atoms with Gasteiger partial charge in [-0.2, -0.15) is 0 Å². The second-order valence-corrected chi connectivity index (χ2v) is 2.42. The summed E-state index contributed by atoms with van der Waals surface area (Å²) in [6, 6.07) is 0. The molecule has 4 N–H and O–H groups in total. The highest BCUT2D eigenvalue weighted by molar-refractivity contribution is 5.89. The Bertz CT molecular complexity index is 169. The van der Waals surface area contributed by atoms with Crippen molar-refractivity contribution in [1.29, 1.82) is 0 Å². The van der Waals surface area contributed by atoms with Crippen LogP contribution in [-0.2, 0) is 9.59 Å². The monoisotopic (exact) mass is 234 g/mol. The number of carbonyl (C=O) groups is 2. The fourth-order valence-electron chi connectivity index (χ4n) is 0.143. The molecule has 0 saturated heterocycles. The molecule has 0 unspecified atom stereocenters. The number of nitrogens with one attached hydrogen (secondary N) is 2. The Hall–Kier alpha value is -1.40. The Morgan fingerprint density at radius 2 is 1.12 bits per heavy atom. The van der Waals surface area contributed by atoms with Crippen LogP contribution >= 0.6 is 0 Å². The molecule has 6 heteroatoms. The van der Waals surface area contributed by atoms with E-state index in [9.17, 15) is 9.59 Å². The van der Waals surface area contributed by atoms with E-state index >= 15 is 0 Å². The molecule has 0 spiro atoms. The van der Waals surface area contributed by atoms with E-state index in [0.29, 0.717) is 12.2 Å². The third-order valence-corrected chi connectivity index (χ3v) is 1.08. The molecule has 0 amide bonds. The first-order chi connectivity index (χ1) is 7.45. The van der Waals surface area contributed by atoms with Gasteiger partial charge in [-0.1, -0.05) is 13.8 Å². The van der Waals surface area contributed by atoms with Gasteiger partial charge in [-0.05, 0) is 27.2 Å². The van der Waals surface area contributed by atoms with Gasteiger partial charge in [-0.15, -0.1) is 0 Å². The molecule has 0 aliphatic rings. The summed E-state index contributed by atoms with van der Waals surface area (Å²) in [6.07, 6.45) is 1.12. The van der Waals surface area contributed by atoms with Crippen LogP contribution in [0.4, 0.5) is 0 Å². The molecule has 6 nitrogen and oxygen atoms in total.